The van der Waals surface area contributed by atoms with E-state index in [9.17, 15) is 4.79 Å². The van der Waals surface area contributed by atoms with E-state index >= 15 is 0 Å². The number of aromatic nitrogens is 2. The molecule has 0 aromatic carbocycles. The Morgan fingerprint density at radius 2 is 2.20 bits per heavy atom. The van der Waals surface area contributed by atoms with Crippen LogP contribution in [0.3, 0.4) is 0 Å². The quantitative estimate of drug-likeness (QED) is 0.661. The van der Waals surface area contributed by atoms with E-state index in [2.05, 4.69) is 4.98 Å². The summed E-state index contributed by atoms with van der Waals surface area (Å²) in [5.41, 5.74) is 0.854. The number of carboxylic acid groups (broad SMARTS) is 1. The summed E-state index contributed by atoms with van der Waals surface area (Å²) < 4.78 is 1.54. The molecule has 2 aromatic rings. The highest BCUT2D eigenvalue weighted by Crippen LogP contribution is 2.10. The van der Waals surface area contributed by atoms with Gasteiger partial charge in [-0.1, -0.05) is 0 Å². The number of carbonyl (C=O) groups excluding carboxylic acids is 1. The van der Waals surface area contributed by atoms with E-state index in [0.717, 1.165) is 10.9 Å². The zero-order chi connectivity index (χ0) is 11.3. The van der Waals surface area contributed by atoms with E-state index in [1.807, 2.05) is 12.1 Å². The molecule has 5 nitrogen and oxygen atoms in total. The lowest BCUT2D eigenvalue weighted by molar-refractivity contribution is -0.122. The van der Waals surface area contributed by atoms with Crippen LogP contribution < -0.4 is 0 Å². The smallest absolute Gasteiger partial charge is 0.290 e. The van der Waals surface area contributed by atoms with Gasteiger partial charge in [-0.25, -0.2) is 0 Å². The first-order chi connectivity index (χ1) is 7.19. The van der Waals surface area contributed by atoms with E-state index in [0.29, 0.717) is 0 Å². The fourth-order valence-electron chi connectivity index (χ4n) is 1.15. The summed E-state index contributed by atoms with van der Waals surface area (Å²) in [5, 5.41) is 7.88. The van der Waals surface area contributed by atoms with Gasteiger partial charge in [0.2, 0.25) is 5.91 Å². The van der Waals surface area contributed by atoms with Crippen molar-refractivity contribution in [2.24, 2.45) is 0 Å². The third kappa shape index (κ3) is 2.63. The zero-order valence-electron chi connectivity index (χ0n) is 8.12. The molecule has 0 aliphatic heterocycles. The third-order valence-electron chi connectivity index (χ3n) is 1.77. The van der Waals surface area contributed by atoms with E-state index in [-0.39, 0.29) is 12.4 Å². The molecule has 2 heterocycles. The molecule has 78 valence electrons. The van der Waals surface area contributed by atoms with Crippen molar-refractivity contribution in [1.82, 2.24) is 9.55 Å². The Labute approximate surface area is 86.0 Å². The van der Waals surface area contributed by atoms with Gasteiger partial charge in [-0.2, -0.15) is 0 Å². The number of rotatable bonds is 0. The minimum absolute atomic E-state index is 0.00741. The van der Waals surface area contributed by atoms with E-state index < -0.39 is 0 Å². The fourth-order valence-corrected chi connectivity index (χ4v) is 1.15. The van der Waals surface area contributed by atoms with Crippen LogP contribution in [0.2, 0.25) is 0 Å². The summed E-state index contributed by atoms with van der Waals surface area (Å²) in [6.45, 7) is 1.28. The average Bonchev–Trinajstić information content (AvgIpc) is 2.62. The molecule has 1 N–H and O–H groups in total. The predicted molar refractivity (Wildman–Crippen MR) is 54.7 cm³/mol. The van der Waals surface area contributed by atoms with Gasteiger partial charge in [-0.15, -0.1) is 0 Å². The average molecular weight is 206 g/mol. The normalized spacial score (nSPS) is 9.13. The molecule has 15 heavy (non-hydrogen) atoms. The monoisotopic (exact) mass is 206 g/mol. The topological polar surface area (TPSA) is 72.2 Å². The van der Waals surface area contributed by atoms with Crippen LogP contribution in [0.15, 0.2) is 30.7 Å². The minimum Gasteiger partial charge on any atom is -0.483 e. The number of pyridine rings is 1. The number of hydrogen-bond acceptors (Lipinski definition) is 3. The summed E-state index contributed by atoms with van der Waals surface area (Å²) in [7, 11) is 0. The van der Waals surface area contributed by atoms with Crippen LogP contribution in [0, 0.1) is 0 Å². The maximum Gasteiger partial charge on any atom is 0.290 e. The van der Waals surface area contributed by atoms with E-state index in [4.69, 9.17) is 9.90 Å². The van der Waals surface area contributed by atoms with Gasteiger partial charge in [0.05, 0.1) is 5.52 Å². The van der Waals surface area contributed by atoms with Gasteiger partial charge in [-0.05, 0) is 12.1 Å². The minimum atomic E-state index is -0.250. The molecule has 0 atom stereocenters. The summed E-state index contributed by atoms with van der Waals surface area (Å²) in [6, 6.07) is 3.79. The summed E-state index contributed by atoms with van der Waals surface area (Å²) >= 11 is 0. The van der Waals surface area contributed by atoms with Gasteiger partial charge < -0.3 is 5.11 Å². The lowest BCUT2D eigenvalue weighted by Gasteiger charge is -1.89. The number of fused-ring (bicyclic) bond motifs is 1. The van der Waals surface area contributed by atoms with Crippen molar-refractivity contribution < 1.29 is 14.7 Å². The Balaban J connectivity index is 0.000000337. The molecule has 0 aliphatic carbocycles. The van der Waals surface area contributed by atoms with Crippen LogP contribution in [-0.2, 0) is 4.79 Å². The van der Waals surface area contributed by atoms with Crippen molar-refractivity contribution in [2.45, 2.75) is 6.92 Å². The molecule has 0 bridgehead atoms. The maximum absolute atomic E-state index is 11.0. The first kappa shape index (κ1) is 10.9. The molecule has 5 heteroatoms. The lowest BCUT2D eigenvalue weighted by atomic mass is 10.3. The van der Waals surface area contributed by atoms with Gasteiger partial charge in [-0.3, -0.25) is 19.1 Å². The van der Waals surface area contributed by atoms with Crippen molar-refractivity contribution in [2.75, 3.05) is 0 Å². The fraction of sp³-hybridized carbons (Fsp3) is 0.100. The molecule has 0 fully saturated rings. The number of nitrogens with zero attached hydrogens (tertiary/aromatic N) is 2. The molecular formula is C10H10N2O3. The second-order valence-electron chi connectivity index (χ2n) is 2.77. The Kier molecular flexibility index (Phi) is 3.56. The first-order valence-corrected chi connectivity index (χ1v) is 4.20. The molecule has 0 saturated heterocycles. The predicted octanol–water partition coefficient (Wildman–Crippen LogP) is 1.40. The van der Waals surface area contributed by atoms with Crippen molar-refractivity contribution in [3.05, 3.63) is 30.7 Å². The standard InChI is InChI=1S/C9H8N2O.CH2O2/c1-7(12)11-5-8-3-2-4-10-9(8)6-11;2-1-3/h2-6H,1H3;1H,(H,2,3). The van der Waals surface area contributed by atoms with Gasteiger partial charge >= 0.3 is 0 Å². The highest BCUT2D eigenvalue weighted by atomic mass is 16.3. The van der Waals surface area contributed by atoms with Gasteiger partial charge in [0.1, 0.15) is 0 Å². The Bertz CT molecular complexity index is 443. The number of hydrogen-bond donors (Lipinski definition) is 1. The summed E-state index contributed by atoms with van der Waals surface area (Å²) in [6.07, 6.45) is 5.23. The van der Waals surface area contributed by atoms with Crippen LogP contribution in [0.4, 0.5) is 0 Å². The molecule has 0 unspecified atom stereocenters. The zero-order valence-corrected chi connectivity index (χ0v) is 8.12. The van der Waals surface area contributed by atoms with Crippen molar-refractivity contribution in [3.8, 4) is 0 Å². The Morgan fingerprint density at radius 3 is 2.73 bits per heavy atom. The summed E-state index contributed by atoms with van der Waals surface area (Å²) in [5.74, 6) is 0.00741. The van der Waals surface area contributed by atoms with Crippen LogP contribution in [0.1, 0.15) is 11.7 Å². The SMILES string of the molecule is CC(=O)n1cc2cccnc2c1.O=CO. The summed E-state index contributed by atoms with van der Waals surface area (Å²) in [4.78, 5) is 23.4. The van der Waals surface area contributed by atoms with Gasteiger partial charge in [0, 0.05) is 30.9 Å². The van der Waals surface area contributed by atoms with Crippen LogP contribution in [0.25, 0.3) is 10.9 Å². The second-order valence-corrected chi connectivity index (χ2v) is 2.77. The molecule has 0 spiro atoms. The van der Waals surface area contributed by atoms with E-state index in [1.165, 1.54) is 11.5 Å². The molecule has 0 saturated carbocycles. The van der Waals surface area contributed by atoms with Crippen molar-refractivity contribution in [3.63, 3.8) is 0 Å². The molecule has 0 aliphatic rings. The maximum atomic E-state index is 11.0. The highest BCUT2D eigenvalue weighted by molar-refractivity contribution is 5.85. The largest absolute Gasteiger partial charge is 0.483 e. The molecule has 2 aromatic heterocycles. The van der Waals surface area contributed by atoms with Crippen molar-refractivity contribution >= 4 is 23.3 Å². The number of carbonyl (C=O) groups is 2. The Hall–Kier alpha value is -2.17. The van der Waals surface area contributed by atoms with E-state index in [1.54, 1.807) is 18.6 Å². The second kappa shape index (κ2) is 4.90. The molecular weight excluding hydrogens is 196 g/mol. The van der Waals surface area contributed by atoms with Crippen molar-refractivity contribution in [1.29, 1.82) is 0 Å². The highest BCUT2D eigenvalue weighted by Gasteiger charge is 2.00. The first-order valence-electron chi connectivity index (χ1n) is 4.20. The Morgan fingerprint density at radius 1 is 1.53 bits per heavy atom. The van der Waals surface area contributed by atoms with Crippen LogP contribution in [0.5, 0.6) is 0 Å². The van der Waals surface area contributed by atoms with Crippen LogP contribution in [-0.4, -0.2) is 27.0 Å². The van der Waals surface area contributed by atoms with Crippen LogP contribution >= 0.6 is 0 Å². The van der Waals surface area contributed by atoms with Gasteiger partial charge in [0.25, 0.3) is 6.47 Å². The van der Waals surface area contributed by atoms with Gasteiger partial charge in [0.15, 0.2) is 0 Å². The third-order valence-corrected chi connectivity index (χ3v) is 1.77. The molecule has 2 rings (SSSR count). The lowest BCUT2D eigenvalue weighted by Crippen LogP contribution is -2.00. The molecule has 0 amide bonds. The molecule has 0 radical (unpaired) electrons.